The number of benzene rings is 1. The van der Waals surface area contributed by atoms with Gasteiger partial charge in [0, 0.05) is 9.35 Å². The van der Waals surface area contributed by atoms with Gasteiger partial charge in [0.15, 0.2) is 5.75 Å². The molecule has 2 aromatic heterocycles. The fourth-order valence-electron chi connectivity index (χ4n) is 2.22. The van der Waals surface area contributed by atoms with E-state index in [0.29, 0.717) is 17.3 Å². The second-order valence-electron chi connectivity index (χ2n) is 4.89. The summed E-state index contributed by atoms with van der Waals surface area (Å²) in [5.41, 5.74) is 8.75. The first-order chi connectivity index (χ1) is 9.97. The summed E-state index contributed by atoms with van der Waals surface area (Å²) < 4.78 is 6.94. The molecule has 0 saturated carbocycles. The summed E-state index contributed by atoms with van der Waals surface area (Å²) in [5, 5.41) is 0.960. The Bertz CT molecular complexity index is 821. The molecule has 3 aromatic rings. The molecule has 0 bridgehead atoms. The van der Waals surface area contributed by atoms with E-state index in [9.17, 15) is 0 Å². The van der Waals surface area contributed by atoms with Crippen molar-refractivity contribution in [1.29, 1.82) is 0 Å². The summed E-state index contributed by atoms with van der Waals surface area (Å²) in [6, 6.07) is 3.79. The number of fused-ring (bicyclic) bond motifs is 1. The molecule has 2 N–H and O–H groups in total. The first kappa shape index (κ1) is 14.3. The number of anilines is 1. The summed E-state index contributed by atoms with van der Waals surface area (Å²) in [4.78, 5) is 10.8. The molecule has 0 spiro atoms. The second kappa shape index (κ2) is 5.27. The SMILES string of the molecule is Cc1cc(Br)cc(N)c1Oc1ncnc2sc(C)c(C)c12. The van der Waals surface area contributed by atoms with Gasteiger partial charge in [-0.2, -0.15) is 0 Å². The first-order valence-electron chi connectivity index (χ1n) is 6.41. The highest BCUT2D eigenvalue weighted by molar-refractivity contribution is 9.10. The number of aryl methyl sites for hydroxylation is 3. The highest BCUT2D eigenvalue weighted by Gasteiger charge is 2.16. The Hall–Kier alpha value is -1.66. The average Bonchev–Trinajstić information content (AvgIpc) is 2.70. The number of nitrogens with zero attached hydrogens (tertiary/aromatic N) is 2. The smallest absolute Gasteiger partial charge is 0.231 e. The van der Waals surface area contributed by atoms with Crippen LogP contribution in [-0.4, -0.2) is 9.97 Å². The lowest BCUT2D eigenvalue weighted by Gasteiger charge is -2.12. The Kier molecular flexibility index (Phi) is 3.59. The van der Waals surface area contributed by atoms with Gasteiger partial charge in [0.2, 0.25) is 5.88 Å². The molecule has 0 radical (unpaired) electrons. The van der Waals surface area contributed by atoms with Crippen molar-refractivity contribution < 1.29 is 4.74 Å². The third-order valence-corrected chi connectivity index (χ3v) is 4.97. The minimum Gasteiger partial charge on any atom is -0.436 e. The van der Waals surface area contributed by atoms with Crippen molar-refractivity contribution in [3.8, 4) is 11.6 Å². The van der Waals surface area contributed by atoms with Crippen LogP contribution in [0.5, 0.6) is 11.6 Å². The van der Waals surface area contributed by atoms with Gasteiger partial charge < -0.3 is 10.5 Å². The van der Waals surface area contributed by atoms with Crippen LogP contribution in [0, 0.1) is 20.8 Å². The van der Waals surface area contributed by atoms with Crippen molar-refractivity contribution in [3.05, 3.63) is 38.9 Å². The van der Waals surface area contributed by atoms with E-state index in [2.05, 4.69) is 39.7 Å². The summed E-state index contributed by atoms with van der Waals surface area (Å²) in [6.07, 6.45) is 1.53. The maximum atomic E-state index is 6.06. The van der Waals surface area contributed by atoms with Gasteiger partial charge in [-0.3, -0.25) is 0 Å². The van der Waals surface area contributed by atoms with Crippen LogP contribution in [0.2, 0.25) is 0 Å². The Morgan fingerprint density at radius 1 is 1.19 bits per heavy atom. The zero-order valence-corrected chi connectivity index (χ0v) is 14.3. The number of hydrogen-bond acceptors (Lipinski definition) is 5. The molecule has 4 nitrogen and oxygen atoms in total. The van der Waals surface area contributed by atoms with Gasteiger partial charge in [-0.15, -0.1) is 11.3 Å². The van der Waals surface area contributed by atoms with E-state index in [-0.39, 0.29) is 0 Å². The third-order valence-electron chi connectivity index (χ3n) is 3.40. The van der Waals surface area contributed by atoms with Gasteiger partial charge in [-0.1, -0.05) is 15.9 Å². The van der Waals surface area contributed by atoms with Crippen molar-refractivity contribution in [2.24, 2.45) is 0 Å². The molecule has 0 fully saturated rings. The van der Waals surface area contributed by atoms with Crippen molar-refractivity contribution in [3.63, 3.8) is 0 Å². The fraction of sp³-hybridized carbons (Fsp3) is 0.200. The number of thiophene rings is 1. The van der Waals surface area contributed by atoms with E-state index in [0.717, 1.165) is 25.8 Å². The molecule has 108 valence electrons. The summed E-state index contributed by atoms with van der Waals surface area (Å²) in [7, 11) is 0. The zero-order valence-electron chi connectivity index (χ0n) is 11.9. The van der Waals surface area contributed by atoms with Crippen LogP contribution in [0.15, 0.2) is 22.9 Å². The van der Waals surface area contributed by atoms with Crippen molar-refractivity contribution in [1.82, 2.24) is 9.97 Å². The quantitative estimate of drug-likeness (QED) is 0.667. The summed E-state index contributed by atoms with van der Waals surface area (Å²) in [6.45, 7) is 6.09. The number of aromatic nitrogens is 2. The maximum absolute atomic E-state index is 6.06. The van der Waals surface area contributed by atoms with Crippen LogP contribution in [0.1, 0.15) is 16.0 Å². The lowest BCUT2D eigenvalue weighted by Crippen LogP contribution is -1.97. The normalized spacial score (nSPS) is 11.0. The minimum absolute atomic E-state index is 0.555. The molecule has 6 heteroatoms. The van der Waals surface area contributed by atoms with Crippen molar-refractivity contribution in [2.45, 2.75) is 20.8 Å². The lowest BCUT2D eigenvalue weighted by molar-refractivity contribution is 0.467. The van der Waals surface area contributed by atoms with Crippen molar-refractivity contribution >= 4 is 43.2 Å². The third kappa shape index (κ3) is 2.49. The number of halogens is 1. The van der Waals surface area contributed by atoms with Gasteiger partial charge in [-0.05, 0) is 44.0 Å². The predicted molar refractivity (Wildman–Crippen MR) is 90.3 cm³/mol. The monoisotopic (exact) mass is 363 g/mol. The summed E-state index contributed by atoms with van der Waals surface area (Å²) in [5.74, 6) is 1.19. The molecule has 1 aromatic carbocycles. The van der Waals surface area contributed by atoms with E-state index in [4.69, 9.17) is 10.5 Å². The molecular formula is C15H14BrN3OS. The molecular weight excluding hydrogens is 350 g/mol. The molecule has 3 rings (SSSR count). The topological polar surface area (TPSA) is 61.0 Å². The van der Waals surface area contributed by atoms with E-state index >= 15 is 0 Å². The highest BCUT2D eigenvalue weighted by Crippen LogP contribution is 2.38. The maximum Gasteiger partial charge on any atom is 0.231 e. The molecule has 0 atom stereocenters. The fourth-order valence-corrected chi connectivity index (χ4v) is 3.80. The summed E-state index contributed by atoms with van der Waals surface area (Å²) >= 11 is 5.07. The van der Waals surface area contributed by atoms with Gasteiger partial charge in [-0.25, -0.2) is 9.97 Å². The lowest BCUT2D eigenvalue weighted by atomic mass is 10.2. The van der Waals surface area contributed by atoms with Gasteiger partial charge in [0.05, 0.1) is 11.1 Å². The molecule has 21 heavy (non-hydrogen) atoms. The highest BCUT2D eigenvalue weighted by atomic mass is 79.9. The standard InChI is InChI=1S/C15H14BrN3OS/c1-7-4-10(16)5-11(17)13(7)20-14-12-8(2)9(3)21-15(12)19-6-18-14/h4-6H,17H2,1-3H3. The molecule has 2 heterocycles. The van der Waals surface area contributed by atoms with Crippen LogP contribution in [0.25, 0.3) is 10.2 Å². The first-order valence-corrected chi connectivity index (χ1v) is 8.02. The molecule has 0 saturated heterocycles. The molecule has 0 amide bonds. The Morgan fingerprint density at radius 2 is 1.95 bits per heavy atom. The van der Waals surface area contributed by atoms with Crippen LogP contribution in [0.3, 0.4) is 0 Å². The van der Waals surface area contributed by atoms with Crippen LogP contribution >= 0.6 is 27.3 Å². The molecule has 0 aliphatic rings. The number of hydrogen-bond donors (Lipinski definition) is 1. The Labute approximate surface area is 135 Å². The van der Waals surface area contributed by atoms with E-state index in [1.165, 1.54) is 11.2 Å². The zero-order chi connectivity index (χ0) is 15.1. The van der Waals surface area contributed by atoms with Crippen LogP contribution in [0.4, 0.5) is 5.69 Å². The second-order valence-corrected chi connectivity index (χ2v) is 7.00. The average molecular weight is 364 g/mol. The number of nitrogen functional groups attached to an aromatic ring is 1. The predicted octanol–water partition coefficient (Wildman–Crippen LogP) is 4.75. The van der Waals surface area contributed by atoms with Crippen LogP contribution < -0.4 is 10.5 Å². The number of nitrogens with two attached hydrogens (primary N) is 1. The molecule has 0 unspecified atom stereocenters. The largest absolute Gasteiger partial charge is 0.436 e. The Morgan fingerprint density at radius 3 is 2.67 bits per heavy atom. The van der Waals surface area contributed by atoms with E-state index in [1.54, 1.807) is 11.3 Å². The van der Waals surface area contributed by atoms with Crippen LogP contribution in [-0.2, 0) is 0 Å². The number of rotatable bonds is 2. The van der Waals surface area contributed by atoms with Crippen molar-refractivity contribution in [2.75, 3.05) is 5.73 Å². The molecule has 0 aliphatic carbocycles. The van der Waals surface area contributed by atoms with Gasteiger partial charge in [0.1, 0.15) is 11.2 Å². The van der Waals surface area contributed by atoms with E-state index < -0.39 is 0 Å². The van der Waals surface area contributed by atoms with E-state index in [1.807, 2.05) is 19.1 Å². The Balaban J connectivity index is 2.15. The molecule has 0 aliphatic heterocycles. The van der Waals surface area contributed by atoms with Gasteiger partial charge >= 0.3 is 0 Å². The van der Waals surface area contributed by atoms with Gasteiger partial charge in [0.25, 0.3) is 0 Å². The number of ether oxygens (including phenoxy) is 1. The minimum atomic E-state index is 0.555.